The fourth-order valence-electron chi connectivity index (χ4n) is 4.29. The summed E-state index contributed by atoms with van der Waals surface area (Å²) in [6, 6.07) is 6.74. The lowest BCUT2D eigenvalue weighted by atomic mass is 9.86. The third kappa shape index (κ3) is 3.87. The maximum atomic E-state index is 9.96. The molecule has 0 aromatic heterocycles. The topological polar surface area (TPSA) is 35.9 Å². The lowest BCUT2D eigenvalue weighted by molar-refractivity contribution is -0.102. The summed E-state index contributed by atoms with van der Waals surface area (Å²) in [5, 5.41) is 10.8. The number of β-amino-alcohol motifs (C(OH)–C–C–N with tert-alkyl or cyclic N) is 1. The number of aliphatic hydroxyl groups is 1. The minimum Gasteiger partial charge on any atom is -0.388 e. The van der Waals surface area contributed by atoms with Crippen LogP contribution in [0.25, 0.3) is 0 Å². The summed E-state index contributed by atoms with van der Waals surface area (Å²) in [7, 11) is 0. The van der Waals surface area contributed by atoms with E-state index in [-0.39, 0.29) is 5.60 Å². The molecule has 3 saturated heterocycles. The Kier molecular flexibility index (Phi) is 4.84. The summed E-state index contributed by atoms with van der Waals surface area (Å²) in [6.07, 6.45) is 3.25. The predicted molar refractivity (Wildman–Crippen MR) is 102 cm³/mol. The number of aryl methyl sites for hydroxylation is 1. The lowest BCUT2D eigenvalue weighted by Crippen LogP contribution is -2.63. The second kappa shape index (κ2) is 6.70. The van der Waals surface area contributed by atoms with E-state index < -0.39 is 5.60 Å². The molecular weight excluding hydrogens is 356 g/mol. The molecule has 1 aromatic rings. The number of hydrogen-bond acceptors (Lipinski definition) is 5. The Balaban J connectivity index is 1.30. The van der Waals surface area contributed by atoms with Gasteiger partial charge in [-0.1, -0.05) is 17.7 Å². The Bertz CT molecular complexity index is 638. The van der Waals surface area contributed by atoms with Gasteiger partial charge in [-0.25, -0.2) is 4.31 Å². The van der Waals surface area contributed by atoms with Crippen molar-refractivity contribution >= 4 is 23.5 Å². The standard InChI is InChI=1S/C19H27ClN2O2S/c1-14-3-4-17(16(20)9-14)25-22-7-5-19(6-8-22)10-15(11-24-19)21-12-18(2,23)13-21/h3-4,9,15,23H,5-8,10-13H2,1-2H3. The van der Waals surface area contributed by atoms with Crippen LogP contribution in [0.4, 0.5) is 0 Å². The van der Waals surface area contributed by atoms with Crippen molar-refractivity contribution in [2.75, 3.05) is 32.8 Å². The van der Waals surface area contributed by atoms with Crippen LogP contribution in [-0.2, 0) is 4.74 Å². The predicted octanol–water partition coefficient (Wildman–Crippen LogP) is 3.35. The van der Waals surface area contributed by atoms with Crippen LogP contribution < -0.4 is 0 Å². The Morgan fingerprint density at radius 3 is 2.64 bits per heavy atom. The zero-order chi connectivity index (χ0) is 17.7. The van der Waals surface area contributed by atoms with Crippen LogP contribution in [0.2, 0.25) is 5.02 Å². The van der Waals surface area contributed by atoms with Crippen molar-refractivity contribution in [2.24, 2.45) is 0 Å². The Labute approximate surface area is 159 Å². The van der Waals surface area contributed by atoms with Crippen molar-refractivity contribution in [1.82, 2.24) is 9.21 Å². The van der Waals surface area contributed by atoms with Crippen LogP contribution in [0.5, 0.6) is 0 Å². The molecular formula is C19H27ClN2O2S. The minimum absolute atomic E-state index is 0.0419. The van der Waals surface area contributed by atoms with Gasteiger partial charge in [0.2, 0.25) is 0 Å². The van der Waals surface area contributed by atoms with Gasteiger partial charge in [0.05, 0.1) is 22.8 Å². The molecule has 3 aliphatic heterocycles. The van der Waals surface area contributed by atoms with Gasteiger partial charge in [0, 0.05) is 37.1 Å². The number of nitrogens with zero attached hydrogens (tertiary/aromatic N) is 2. The summed E-state index contributed by atoms with van der Waals surface area (Å²) in [5.41, 5.74) is 0.742. The van der Waals surface area contributed by atoms with Crippen LogP contribution in [0.1, 0.15) is 31.7 Å². The quantitative estimate of drug-likeness (QED) is 0.811. The second-order valence-electron chi connectivity index (χ2n) is 8.21. The summed E-state index contributed by atoms with van der Waals surface area (Å²) < 4.78 is 8.68. The van der Waals surface area contributed by atoms with E-state index in [0.717, 1.165) is 62.0 Å². The largest absolute Gasteiger partial charge is 0.388 e. The van der Waals surface area contributed by atoms with Gasteiger partial charge >= 0.3 is 0 Å². The molecule has 1 spiro atoms. The molecule has 1 unspecified atom stereocenters. The molecule has 1 aromatic carbocycles. The first-order valence-electron chi connectivity index (χ1n) is 9.14. The van der Waals surface area contributed by atoms with E-state index in [4.69, 9.17) is 16.3 Å². The van der Waals surface area contributed by atoms with E-state index in [2.05, 4.69) is 28.3 Å². The van der Waals surface area contributed by atoms with Gasteiger partial charge in [0.1, 0.15) is 0 Å². The monoisotopic (exact) mass is 382 g/mol. The van der Waals surface area contributed by atoms with E-state index in [1.165, 1.54) is 5.56 Å². The van der Waals surface area contributed by atoms with Crippen molar-refractivity contribution in [3.63, 3.8) is 0 Å². The maximum Gasteiger partial charge on any atom is 0.0872 e. The molecule has 3 fully saturated rings. The SMILES string of the molecule is Cc1ccc(SN2CCC3(CC2)CC(N2CC(C)(O)C2)CO3)c(Cl)c1. The summed E-state index contributed by atoms with van der Waals surface area (Å²) >= 11 is 8.14. The third-order valence-corrected chi connectivity index (χ3v) is 7.34. The van der Waals surface area contributed by atoms with Crippen molar-refractivity contribution in [3.05, 3.63) is 28.8 Å². The molecule has 1 atom stereocenters. The molecule has 0 amide bonds. The van der Waals surface area contributed by atoms with E-state index in [1.807, 2.05) is 13.0 Å². The number of piperidine rings is 1. The molecule has 4 rings (SSSR count). The lowest BCUT2D eigenvalue weighted by Gasteiger charge is -2.47. The molecule has 4 nitrogen and oxygen atoms in total. The first kappa shape index (κ1) is 18.1. The first-order valence-corrected chi connectivity index (χ1v) is 10.3. The Morgan fingerprint density at radius 2 is 2.00 bits per heavy atom. The third-order valence-electron chi connectivity index (χ3n) is 5.74. The maximum absolute atomic E-state index is 9.96. The number of rotatable bonds is 3. The van der Waals surface area contributed by atoms with Gasteiger partial charge < -0.3 is 9.84 Å². The number of likely N-dealkylation sites (tertiary alicyclic amines) is 1. The molecule has 0 saturated carbocycles. The zero-order valence-corrected chi connectivity index (χ0v) is 16.6. The van der Waals surface area contributed by atoms with Crippen LogP contribution in [0, 0.1) is 6.92 Å². The molecule has 6 heteroatoms. The van der Waals surface area contributed by atoms with Crippen molar-refractivity contribution in [3.8, 4) is 0 Å². The van der Waals surface area contributed by atoms with E-state index >= 15 is 0 Å². The normalized spacial score (nSPS) is 29.0. The van der Waals surface area contributed by atoms with Crippen LogP contribution in [0.15, 0.2) is 23.1 Å². The summed E-state index contributed by atoms with van der Waals surface area (Å²) in [4.78, 5) is 3.51. The Hall–Kier alpha value is -0.300. The highest BCUT2D eigenvalue weighted by molar-refractivity contribution is 7.97. The molecule has 0 radical (unpaired) electrons. The van der Waals surface area contributed by atoms with Gasteiger partial charge in [-0.15, -0.1) is 0 Å². The first-order chi connectivity index (χ1) is 11.8. The van der Waals surface area contributed by atoms with Gasteiger partial charge in [-0.2, -0.15) is 0 Å². The average molecular weight is 383 g/mol. The van der Waals surface area contributed by atoms with Crippen LogP contribution in [-0.4, -0.2) is 64.3 Å². The van der Waals surface area contributed by atoms with E-state index in [1.54, 1.807) is 11.9 Å². The zero-order valence-electron chi connectivity index (χ0n) is 15.0. The van der Waals surface area contributed by atoms with Crippen molar-refractivity contribution in [1.29, 1.82) is 0 Å². The smallest absolute Gasteiger partial charge is 0.0872 e. The molecule has 0 aliphatic carbocycles. The van der Waals surface area contributed by atoms with Crippen LogP contribution >= 0.6 is 23.5 Å². The highest BCUT2D eigenvalue weighted by Crippen LogP contribution is 2.42. The molecule has 25 heavy (non-hydrogen) atoms. The van der Waals surface area contributed by atoms with E-state index in [0.29, 0.717) is 6.04 Å². The number of hydrogen-bond donors (Lipinski definition) is 1. The van der Waals surface area contributed by atoms with E-state index in [9.17, 15) is 5.11 Å². The van der Waals surface area contributed by atoms with Crippen molar-refractivity contribution < 1.29 is 9.84 Å². The van der Waals surface area contributed by atoms with Gasteiger partial charge in [0.15, 0.2) is 0 Å². The van der Waals surface area contributed by atoms with Crippen molar-refractivity contribution in [2.45, 2.75) is 55.2 Å². The van der Waals surface area contributed by atoms with Gasteiger partial charge in [-0.05, 0) is 62.8 Å². The number of ether oxygens (including phenoxy) is 1. The molecule has 0 bridgehead atoms. The highest BCUT2D eigenvalue weighted by atomic mass is 35.5. The molecule has 3 heterocycles. The average Bonchev–Trinajstić information content (AvgIpc) is 2.94. The number of benzene rings is 1. The Morgan fingerprint density at radius 1 is 1.28 bits per heavy atom. The minimum atomic E-state index is -0.497. The second-order valence-corrected chi connectivity index (χ2v) is 9.75. The summed E-state index contributed by atoms with van der Waals surface area (Å²) in [5.74, 6) is 0. The molecule has 138 valence electrons. The summed E-state index contributed by atoms with van der Waals surface area (Å²) in [6.45, 7) is 8.42. The fraction of sp³-hybridized carbons (Fsp3) is 0.684. The highest BCUT2D eigenvalue weighted by Gasteiger charge is 2.48. The van der Waals surface area contributed by atoms with Gasteiger partial charge in [-0.3, -0.25) is 4.90 Å². The van der Waals surface area contributed by atoms with Gasteiger partial charge in [0.25, 0.3) is 0 Å². The number of halogens is 1. The fourth-order valence-corrected chi connectivity index (χ4v) is 5.55. The molecule has 1 N–H and O–H groups in total. The molecule has 3 aliphatic rings. The van der Waals surface area contributed by atoms with Crippen LogP contribution in [0.3, 0.4) is 0 Å².